The van der Waals surface area contributed by atoms with Crippen molar-refractivity contribution in [1.29, 1.82) is 0 Å². The van der Waals surface area contributed by atoms with Crippen LogP contribution in [-0.2, 0) is 14.8 Å². The number of aliphatic hydroxyl groups is 1. The first kappa shape index (κ1) is 15.9. The van der Waals surface area contributed by atoms with Crippen molar-refractivity contribution in [3.8, 4) is 0 Å². The highest BCUT2D eigenvalue weighted by molar-refractivity contribution is 7.89. The van der Waals surface area contributed by atoms with Crippen LogP contribution in [-0.4, -0.2) is 55.5 Å². The second-order valence-corrected chi connectivity index (χ2v) is 6.90. The molecular formula is C12H25NO4S. The van der Waals surface area contributed by atoms with Crippen LogP contribution in [0.15, 0.2) is 0 Å². The predicted octanol–water partition coefficient (Wildman–Crippen LogP) is 0.978. The minimum absolute atomic E-state index is 0.0388. The van der Waals surface area contributed by atoms with Crippen LogP contribution in [0.3, 0.4) is 0 Å². The summed E-state index contributed by atoms with van der Waals surface area (Å²) in [7, 11) is -3.25. The molecule has 0 aliphatic carbocycles. The lowest BCUT2D eigenvalue weighted by Crippen LogP contribution is -2.46. The van der Waals surface area contributed by atoms with Gasteiger partial charge in [-0.05, 0) is 33.1 Å². The fourth-order valence-corrected chi connectivity index (χ4v) is 4.01. The van der Waals surface area contributed by atoms with Gasteiger partial charge in [-0.3, -0.25) is 0 Å². The first-order chi connectivity index (χ1) is 8.47. The average molecular weight is 279 g/mol. The van der Waals surface area contributed by atoms with Crippen LogP contribution in [0.2, 0.25) is 0 Å². The van der Waals surface area contributed by atoms with Crippen molar-refractivity contribution in [1.82, 2.24) is 4.31 Å². The van der Waals surface area contributed by atoms with E-state index in [2.05, 4.69) is 0 Å². The van der Waals surface area contributed by atoms with Crippen LogP contribution in [0.4, 0.5) is 0 Å². The molecule has 2 atom stereocenters. The highest BCUT2D eigenvalue weighted by Gasteiger charge is 2.32. The molecule has 0 saturated carbocycles. The predicted molar refractivity (Wildman–Crippen MR) is 70.9 cm³/mol. The smallest absolute Gasteiger partial charge is 0.216 e. The van der Waals surface area contributed by atoms with Gasteiger partial charge < -0.3 is 9.84 Å². The number of nitrogens with zero attached hydrogens (tertiary/aromatic N) is 1. The molecule has 5 nitrogen and oxygen atoms in total. The molecule has 0 aromatic heterocycles. The van der Waals surface area contributed by atoms with Crippen molar-refractivity contribution in [2.45, 2.75) is 51.7 Å². The third-order valence-electron chi connectivity index (χ3n) is 3.23. The van der Waals surface area contributed by atoms with Gasteiger partial charge in [-0.25, -0.2) is 8.42 Å². The van der Waals surface area contributed by atoms with Crippen LogP contribution >= 0.6 is 0 Å². The maximum Gasteiger partial charge on any atom is 0.216 e. The van der Waals surface area contributed by atoms with Gasteiger partial charge in [-0.2, -0.15) is 4.31 Å². The van der Waals surface area contributed by atoms with Crippen molar-refractivity contribution in [3.05, 3.63) is 0 Å². The number of hydrogen-bond donors (Lipinski definition) is 1. The molecule has 1 saturated heterocycles. The van der Waals surface area contributed by atoms with Crippen molar-refractivity contribution in [3.63, 3.8) is 0 Å². The quantitative estimate of drug-likeness (QED) is 0.705. The van der Waals surface area contributed by atoms with Gasteiger partial charge >= 0.3 is 0 Å². The zero-order valence-electron chi connectivity index (χ0n) is 11.3. The minimum atomic E-state index is -3.25. The van der Waals surface area contributed by atoms with E-state index >= 15 is 0 Å². The zero-order chi connectivity index (χ0) is 13.6. The van der Waals surface area contributed by atoms with Gasteiger partial charge in [0.05, 0.1) is 18.5 Å². The average Bonchev–Trinajstić information content (AvgIpc) is 2.29. The Morgan fingerprint density at radius 3 is 2.78 bits per heavy atom. The summed E-state index contributed by atoms with van der Waals surface area (Å²) in [6.45, 7) is 4.92. The second-order valence-electron chi connectivity index (χ2n) is 4.86. The molecule has 1 heterocycles. The minimum Gasteiger partial charge on any atom is -0.393 e. The fraction of sp³-hybridized carbons (Fsp3) is 1.00. The van der Waals surface area contributed by atoms with Crippen LogP contribution in [0, 0.1) is 0 Å². The summed E-state index contributed by atoms with van der Waals surface area (Å²) >= 11 is 0. The van der Waals surface area contributed by atoms with Crippen LogP contribution < -0.4 is 0 Å². The maximum absolute atomic E-state index is 12.2. The third kappa shape index (κ3) is 4.84. The lowest BCUT2D eigenvalue weighted by Gasteiger charge is -2.35. The number of rotatable bonds is 7. The Balaban J connectivity index is 2.63. The molecule has 0 radical (unpaired) electrons. The molecule has 0 amide bonds. The molecule has 1 fully saturated rings. The first-order valence-electron chi connectivity index (χ1n) is 6.72. The van der Waals surface area contributed by atoms with Crippen molar-refractivity contribution in [2.24, 2.45) is 0 Å². The molecule has 1 rings (SSSR count). The molecule has 1 aliphatic rings. The standard InChI is InChI=1S/C12H25NO4S/c1-3-17-8-9-18(15,16)13-7-5-4-6-12(13)10-11(2)14/h11-12,14H,3-10H2,1-2H3. The summed E-state index contributed by atoms with van der Waals surface area (Å²) in [5.41, 5.74) is 0. The van der Waals surface area contributed by atoms with Gasteiger partial charge in [0, 0.05) is 19.2 Å². The summed E-state index contributed by atoms with van der Waals surface area (Å²) in [6, 6.07) is -0.0506. The SMILES string of the molecule is CCOCCS(=O)(=O)N1CCCCC1CC(C)O. The molecule has 1 aliphatic heterocycles. The monoisotopic (exact) mass is 279 g/mol. The van der Waals surface area contributed by atoms with Gasteiger partial charge in [0.1, 0.15) is 0 Å². The van der Waals surface area contributed by atoms with Gasteiger partial charge in [0.25, 0.3) is 0 Å². The second kappa shape index (κ2) is 7.43. The summed E-state index contributed by atoms with van der Waals surface area (Å²) in [5, 5.41) is 9.46. The summed E-state index contributed by atoms with van der Waals surface area (Å²) in [5.74, 6) is 0.0388. The highest BCUT2D eigenvalue weighted by atomic mass is 32.2. The molecule has 108 valence electrons. The molecule has 1 N–H and O–H groups in total. The summed E-state index contributed by atoms with van der Waals surface area (Å²) in [6.07, 6.45) is 2.85. The van der Waals surface area contributed by atoms with E-state index in [9.17, 15) is 13.5 Å². The zero-order valence-corrected chi connectivity index (χ0v) is 12.2. The fourth-order valence-electron chi connectivity index (χ4n) is 2.40. The molecule has 0 bridgehead atoms. The van der Waals surface area contributed by atoms with E-state index in [1.54, 1.807) is 11.2 Å². The Bertz CT molecular complexity index is 329. The first-order valence-corrected chi connectivity index (χ1v) is 8.33. The third-order valence-corrected chi connectivity index (χ3v) is 5.11. The Morgan fingerprint density at radius 1 is 1.44 bits per heavy atom. The van der Waals surface area contributed by atoms with Gasteiger partial charge in [0.15, 0.2) is 0 Å². The summed E-state index contributed by atoms with van der Waals surface area (Å²) in [4.78, 5) is 0. The van der Waals surface area contributed by atoms with Gasteiger partial charge in [-0.15, -0.1) is 0 Å². The van der Waals surface area contributed by atoms with E-state index in [0.29, 0.717) is 19.6 Å². The van der Waals surface area contributed by atoms with E-state index < -0.39 is 16.1 Å². The molecule has 18 heavy (non-hydrogen) atoms. The normalized spacial score (nSPS) is 24.1. The van der Waals surface area contributed by atoms with Crippen molar-refractivity contribution < 1.29 is 18.3 Å². The van der Waals surface area contributed by atoms with E-state index in [1.165, 1.54) is 0 Å². The maximum atomic E-state index is 12.2. The molecular weight excluding hydrogens is 254 g/mol. The van der Waals surface area contributed by atoms with Gasteiger partial charge in [0.2, 0.25) is 10.0 Å². The van der Waals surface area contributed by atoms with Gasteiger partial charge in [-0.1, -0.05) is 6.42 Å². The molecule has 0 spiro atoms. The Labute approximate surface area is 110 Å². The molecule has 6 heteroatoms. The van der Waals surface area contributed by atoms with Crippen molar-refractivity contribution >= 4 is 10.0 Å². The van der Waals surface area contributed by atoms with Crippen molar-refractivity contribution in [2.75, 3.05) is 25.5 Å². The Kier molecular flexibility index (Phi) is 6.55. The van der Waals surface area contributed by atoms with E-state index in [4.69, 9.17) is 4.74 Å². The number of aliphatic hydroxyl groups excluding tert-OH is 1. The lowest BCUT2D eigenvalue weighted by atomic mass is 10.00. The Hall–Kier alpha value is -0.170. The highest BCUT2D eigenvalue weighted by Crippen LogP contribution is 2.24. The molecule has 0 aromatic carbocycles. The molecule has 0 aromatic rings. The Morgan fingerprint density at radius 2 is 2.17 bits per heavy atom. The largest absolute Gasteiger partial charge is 0.393 e. The molecule has 2 unspecified atom stereocenters. The van der Waals surface area contributed by atoms with Crippen LogP contribution in [0.5, 0.6) is 0 Å². The number of hydrogen-bond acceptors (Lipinski definition) is 4. The number of sulfonamides is 1. The topological polar surface area (TPSA) is 66.8 Å². The number of ether oxygens (including phenoxy) is 1. The van der Waals surface area contributed by atoms with E-state index in [-0.39, 0.29) is 18.4 Å². The number of piperidine rings is 1. The van der Waals surface area contributed by atoms with Crippen LogP contribution in [0.25, 0.3) is 0 Å². The van der Waals surface area contributed by atoms with Crippen LogP contribution in [0.1, 0.15) is 39.5 Å². The lowest BCUT2D eigenvalue weighted by molar-refractivity contribution is 0.130. The summed E-state index contributed by atoms with van der Waals surface area (Å²) < 4.78 is 31.1. The van der Waals surface area contributed by atoms with E-state index in [0.717, 1.165) is 19.3 Å². The van der Waals surface area contributed by atoms with E-state index in [1.807, 2.05) is 6.92 Å².